The molecule has 1 rings (SSSR count). The van der Waals surface area contributed by atoms with Gasteiger partial charge in [-0.05, 0) is 25.1 Å². The Balaban J connectivity index is 2.97. The summed E-state index contributed by atoms with van der Waals surface area (Å²) in [7, 11) is -2.24. The zero-order chi connectivity index (χ0) is 12.9. The Bertz CT molecular complexity index is 473. The van der Waals surface area contributed by atoms with E-state index in [1.54, 1.807) is 12.1 Å². The van der Waals surface area contributed by atoms with Gasteiger partial charge in [0.25, 0.3) is 10.2 Å². The van der Waals surface area contributed by atoms with Crippen molar-refractivity contribution < 1.29 is 18.3 Å². The summed E-state index contributed by atoms with van der Waals surface area (Å²) in [6.45, 7) is 2.10. The van der Waals surface area contributed by atoms with Gasteiger partial charge in [0.15, 0.2) is 0 Å². The molecular weight excluding hydrogens is 244 g/mol. The van der Waals surface area contributed by atoms with Crippen LogP contribution in [-0.4, -0.2) is 27.2 Å². The third-order valence-corrected chi connectivity index (χ3v) is 3.09. The molecule has 96 valence electrons. The van der Waals surface area contributed by atoms with Crippen LogP contribution in [0.3, 0.4) is 0 Å². The summed E-state index contributed by atoms with van der Waals surface area (Å²) < 4.78 is 32.3. The number of aliphatic hydroxyl groups is 1. The second kappa shape index (κ2) is 5.85. The molecule has 0 aromatic heterocycles. The molecule has 0 spiro atoms. The largest absolute Gasteiger partial charge is 0.494 e. The van der Waals surface area contributed by atoms with Crippen molar-refractivity contribution in [2.75, 3.05) is 18.4 Å². The highest BCUT2D eigenvalue weighted by Gasteiger charge is 2.09. The van der Waals surface area contributed by atoms with E-state index in [1.807, 2.05) is 6.92 Å². The van der Waals surface area contributed by atoms with Crippen molar-refractivity contribution in [1.82, 2.24) is 4.72 Å². The van der Waals surface area contributed by atoms with E-state index in [2.05, 4.69) is 9.44 Å². The molecule has 0 saturated carbocycles. The van der Waals surface area contributed by atoms with Gasteiger partial charge in [-0.2, -0.15) is 8.42 Å². The standard InChI is InChI=1S/C10H16N2O4S/c1-3-16-10-5-4-9(6-8(10)7-13)12-17(14,15)11-2/h4-6,11-13H,3,7H2,1-2H3. The van der Waals surface area contributed by atoms with E-state index in [0.29, 0.717) is 23.6 Å². The van der Waals surface area contributed by atoms with Crippen LogP contribution in [0.1, 0.15) is 12.5 Å². The summed E-state index contributed by atoms with van der Waals surface area (Å²) >= 11 is 0. The Morgan fingerprint density at radius 2 is 2.12 bits per heavy atom. The van der Waals surface area contributed by atoms with Crippen molar-refractivity contribution in [2.24, 2.45) is 0 Å². The summed E-state index contributed by atoms with van der Waals surface area (Å²) in [5, 5.41) is 9.15. The zero-order valence-electron chi connectivity index (χ0n) is 9.73. The van der Waals surface area contributed by atoms with Crippen LogP contribution in [0.15, 0.2) is 18.2 Å². The molecule has 0 bridgehead atoms. The molecule has 0 atom stereocenters. The van der Waals surface area contributed by atoms with Crippen molar-refractivity contribution in [3.63, 3.8) is 0 Å². The van der Waals surface area contributed by atoms with E-state index in [0.717, 1.165) is 0 Å². The first-order valence-electron chi connectivity index (χ1n) is 5.10. The molecule has 1 aromatic rings. The van der Waals surface area contributed by atoms with Gasteiger partial charge in [0.05, 0.1) is 18.9 Å². The third kappa shape index (κ3) is 3.88. The van der Waals surface area contributed by atoms with Gasteiger partial charge < -0.3 is 9.84 Å². The van der Waals surface area contributed by atoms with Crippen LogP contribution >= 0.6 is 0 Å². The molecule has 1 aromatic carbocycles. The average molecular weight is 260 g/mol. The van der Waals surface area contributed by atoms with E-state index >= 15 is 0 Å². The van der Waals surface area contributed by atoms with E-state index in [-0.39, 0.29) is 6.61 Å². The molecule has 17 heavy (non-hydrogen) atoms. The number of anilines is 1. The third-order valence-electron chi connectivity index (χ3n) is 2.05. The molecule has 0 fully saturated rings. The maximum absolute atomic E-state index is 11.3. The van der Waals surface area contributed by atoms with Crippen molar-refractivity contribution in [3.8, 4) is 5.75 Å². The first-order chi connectivity index (χ1) is 8.02. The smallest absolute Gasteiger partial charge is 0.298 e. The zero-order valence-corrected chi connectivity index (χ0v) is 10.5. The van der Waals surface area contributed by atoms with Gasteiger partial charge in [-0.15, -0.1) is 0 Å². The van der Waals surface area contributed by atoms with Crippen LogP contribution in [0.25, 0.3) is 0 Å². The van der Waals surface area contributed by atoms with Gasteiger partial charge in [-0.1, -0.05) is 0 Å². The minimum absolute atomic E-state index is 0.218. The van der Waals surface area contributed by atoms with Gasteiger partial charge in [0.2, 0.25) is 0 Å². The van der Waals surface area contributed by atoms with Crippen LogP contribution in [-0.2, 0) is 16.8 Å². The van der Waals surface area contributed by atoms with Crippen LogP contribution in [0.4, 0.5) is 5.69 Å². The molecule has 0 aliphatic heterocycles. The second-order valence-corrected chi connectivity index (χ2v) is 4.84. The molecule has 6 nitrogen and oxygen atoms in total. The minimum atomic E-state index is -3.55. The van der Waals surface area contributed by atoms with Crippen LogP contribution in [0.5, 0.6) is 5.75 Å². The molecule has 3 N–H and O–H groups in total. The van der Waals surface area contributed by atoms with E-state index in [1.165, 1.54) is 13.1 Å². The lowest BCUT2D eigenvalue weighted by Crippen LogP contribution is -2.26. The molecule has 0 saturated heterocycles. The lowest BCUT2D eigenvalue weighted by atomic mass is 10.2. The highest BCUT2D eigenvalue weighted by molar-refractivity contribution is 7.90. The van der Waals surface area contributed by atoms with Crippen molar-refractivity contribution in [1.29, 1.82) is 0 Å². The van der Waals surface area contributed by atoms with E-state index in [9.17, 15) is 8.42 Å². The first-order valence-corrected chi connectivity index (χ1v) is 6.58. The molecule has 0 unspecified atom stereocenters. The molecule has 0 heterocycles. The molecule has 0 aliphatic carbocycles. The van der Waals surface area contributed by atoms with Crippen molar-refractivity contribution in [2.45, 2.75) is 13.5 Å². The summed E-state index contributed by atoms with van der Waals surface area (Å²) in [5.41, 5.74) is 0.898. The minimum Gasteiger partial charge on any atom is -0.494 e. The SMILES string of the molecule is CCOc1ccc(NS(=O)(=O)NC)cc1CO. The Labute approximate surface area is 101 Å². The second-order valence-electron chi connectivity index (χ2n) is 3.22. The number of ether oxygens (including phenoxy) is 1. The monoisotopic (exact) mass is 260 g/mol. The maximum Gasteiger partial charge on any atom is 0.298 e. The fourth-order valence-electron chi connectivity index (χ4n) is 1.27. The van der Waals surface area contributed by atoms with Gasteiger partial charge in [0.1, 0.15) is 5.75 Å². The maximum atomic E-state index is 11.3. The Morgan fingerprint density at radius 3 is 2.65 bits per heavy atom. The highest BCUT2D eigenvalue weighted by atomic mass is 32.2. The number of rotatable bonds is 6. The van der Waals surface area contributed by atoms with Gasteiger partial charge >= 0.3 is 0 Å². The number of benzene rings is 1. The number of aliphatic hydroxyl groups excluding tert-OH is 1. The summed E-state index contributed by atoms with van der Waals surface area (Å²) in [6.07, 6.45) is 0. The topological polar surface area (TPSA) is 87.7 Å². The number of hydrogen-bond donors (Lipinski definition) is 3. The Morgan fingerprint density at radius 1 is 1.41 bits per heavy atom. The van der Waals surface area contributed by atoms with Crippen molar-refractivity contribution in [3.05, 3.63) is 23.8 Å². The van der Waals surface area contributed by atoms with Crippen LogP contribution in [0.2, 0.25) is 0 Å². The van der Waals surface area contributed by atoms with E-state index < -0.39 is 10.2 Å². The Hall–Kier alpha value is -1.31. The number of hydrogen-bond acceptors (Lipinski definition) is 4. The summed E-state index contributed by atoms with van der Waals surface area (Å²) in [5.74, 6) is 0.544. The van der Waals surface area contributed by atoms with Crippen LogP contribution < -0.4 is 14.2 Å². The number of nitrogens with one attached hydrogen (secondary N) is 2. The predicted molar refractivity (Wildman–Crippen MR) is 65.1 cm³/mol. The Kier molecular flexibility index (Phi) is 4.73. The van der Waals surface area contributed by atoms with Crippen molar-refractivity contribution >= 4 is 15.9 Å². The first kappa shape index (κ1) is 13.8. The molecule has 7 heteroatoms. The fraction of sp³-hybridized carbons (Fsp3) is 0.400. The van der Waals surface area contributed by atoms with Crippen LogP contribution in [0, 0.1) is 0 Å². The van der Waals surface area contributed by atoms with Gasteiger partial charge in [0, 0.05) is 12.6 Å². The van der Waals surface area contributed by atoms with Gasteiger partial charge in [-0.25, -0.2) is 4.72 Å². The lowest BCUT2D eigenvalue weighted by Gasteiger charge is -2.11. The predicted octanol–water partition coefficient (Wildman–Crippen LogP) is 0.454. The lowest BCUT2D eigenvalue weighted by molar-refractivity contribution is 0.267. The van der Waals surface area contributed by atoms with E-state index in [4.69, 9.17) is 9.84 Å². The molecule has 0 aliphatic rings. The molecule has 0 amide bonds. The summed E-state index contributed by atoms with van der Waals surface area (Å²) in [4.78, 5) is 0. The summed E-state index contributed by atoms with van der Waals surface area (Å²) in [6, 6.07) is 4.71. The molecular formula is C10H16N2O4S. The van der Waals surface area contributed by atoms with Gasteiger partial charge in [-0.3, -0.25) is 4.72 Å². The quantitative estimate of drug-likeness (QED) is 0.693. The average Bonchev–Trinajstić information content (AvgIpc) is 2.31. The molecule has 0 radical (unpaired) electrons. The highest BCUT2D eigenvalue weighted by Crippen LogP contribution is 2.23. The fourth-order valence-corrected chi connectivity index (χ4v) is 1.81. The normalized spacial score (nSPS) is 11.2.